The lowest BCUT2D eigenvalue weighted by molar-refractivity contribution is 0.138. The minimum atomic E-state index is 0.859. The molecule has 0 amide bonds. The van der Waals surface area contributed by atoms with E-state index in [1.165, 1.54) is 25.9 Å². The largest absolute Gasteiger partial charge is 0.383 e. The predicted molar refractivity (Wildman–Crippen MR) is 55.4 cm³/mol. The van der Waals surface area contributed by atoms with Gasteiger partial charge in [-0.15, -0.1) is 0 Å². The molecule has 1 aliphatic rings. The van der Waals surface area contributed by atoms with E-state index in [1.807, 2.05) is 0 Å². The molecule has 2 nitrogen and oxygen atoms in total. The number of likely N-dealkylation sites (tertiary alicyclic amines) is 1. The molecule has 0 spiro atoms. The Kier molecular flexibility index (Phi) is 4.71. The lowest BCUT2D eigenvalue weighted by Crippen LogP contribution is -2.37. The van der Waals surface area contributed by atoms with Gasteiger partial charge in [-0.05, 0) is 19.4 Å². The molecule has 1 saturated heterocycles. The molecule has 1 fully saturated rings. The summed E-state index contributed by atoms with van der Waals surface area (Å²) >= 11 is 2.54. The van der Waals surface area contributed by atoms with Crippen molar-refractivity contribution >= 4 is 22.6 Å². The van der Waals surface area contributed by atoms with E-state index in [0.29, 0.717) is 0 Å². The summed E-state index contributed by atoms with van der Waals surface area (Å²) in [6.45, 7) is 4.51. The molecule has 1 heterocycles. The Morgan fingerprint density at radius 1 is 1.64 bits per heavy atom. The van der Waals surface area contributed by atoms with Gasteiger partial charge in [-0.3, -0.25) is 0 Å². The Morgan fingerprint density at radius 3 is 3.09 bits per heavy atom. The smallest absolute Gasteiger partial charge is 0.0589 e. The molecule has 11 heavy (non-hydrogen) atoms. The first-order valence-electron chi connectivity index (χ1n) is 4.18. The van der Waals surface area contributed by atoms with Crippen LogP contribution in [0.15, 0.2) is 0 Å². The van der Waals surface area contributed by atoms with Gasteiger partial charge in [-0.25, -0.2) is 0 Å². The highest BCUT2D eigenvalue weighted by Gasteiger charge is 2.16. The number of alkyl halides is 1. The molecule has 0 bridgehead atoms. The van der Waals surface area contributed by atoms with Crippen LogP contribution in [0.25, 0.3) is 0 Å². The van der Waals surface area contributed by atoms with E-state index in [-0.39, 0.29) is 0 Å². The van der Waals surface area contributed by atoms with Gasteiger partial charge in [0.05, 0.1) is 6.61 Å². The van der Waals surface area contributed by atoms with Crippen molar-refractivity contribution in [1.29, 1.82) is 0 Å². The molecule has 1 aliphatic heterocycles. The van der Waals surface area contributed by atoms with Gasteiger partial charge in [-0.2, -0.15) is 0 Å². The third kappa shape index (κ3) is 3.71. The number of ether oxygens (including phenoxy) is 1. The van der Waals surface area contributed by atoms with Crippen LogP contribution in [0, 0.1) is 0 Å². The molecule has 0 saturated carbocycles. The molecule has 0 aliphatic carbocycles. The Balaban J connectivity index is 2.12. The van der Waals surface area contributed by atoms with Crippen LogP contribution in [0.2, 0.25) is 0 Å². The number of hydrogen-bond acceptors (Lipinski definition) is 2. The van der Waals surface area contributed by atoms with E-state index in [2.05, 4.69) is 27.5 Å². The minimum absolute atomic E-state index is 0.859. The molecule has 66 valence electrons. The normalized spacial score (nSPS) is 27.3. The Hall–Kier alpha value is 0.650. The predicted octanol–water partition coefficient (Wildman–Crippen LogP) is 1.53. The molecule has 0 radical (unpaired) electrons. The zero-order valence-electron chi connectivity index (χ0n) is 7.05. The summed E-state index contributed by atoms with van der Waals surface area (Å²) in [5.74, 6) is 0. The van der Waals surface area contributed by atoms with Crippen LogP contribution in [0.1, 0.15) is 12.8 Å². The van der Waals surface area contributed by atoms with Crippen LogP contribution in [-0.2, 0) is 4.74 Å². The average molecular weight is 269 g/mol. The third-order valence-corrected chi connectivity index (χ3v) is 3.08. The van der Waals surface area contributed by atoms with E-state index in [0.717, 1.165) is 17.1 Å². The van der Waals surface area contributed by atoms with Crippen LogP contribution >= 0.6 is 22.6 Å². The maximum Gasteiger partial charge on any atom is 0.0589 e. The number of piperidine rings is 1. The first-order valence-corrected chi connectivity index (χ1v) is 5.43. The van der Waals surface area contributed by atoms with Gasteiger partial charge >= 0.3 is 0 Å². The van der Waals surface area contributed by atoms with E-state index in [9.17, 15) is 0 Å². The SMILES string of the molecule is COCCN1CCCC(I)C1. The van der Waals surface area contributed by atoms with Gasteiger partial charge in [0.2, 0.25) is 0 Å². The van der Waals surface area contributed by atoms with E-state index in [4.69, 9.17) is 4.74 Å². The zero-order valence-corrected chi connectivity index (χ0v) is 9.21. The molecule has 1 rings (SSSR count). The minimum Gasteiger partial charge on any atom is -0.383 e. The summed E-state index contributed by atoms with van der Waals surface area (Å²) in [5, 5.41) is 0. The van der Waals surface area contributed by atoms with Crippen LogP contribution in [0.3, 0.4) is 0 Å². The fraction of sp³-hybridized carbons (Fsp3) is 1.00. The van der Waals surface area contributed by atoms with E-state index < -0.39 is 0 Å². The average Bonchev–Trinajstić information content (AvgIpc) is 2.01. The molecule has 1 unspecified atom stereocenters. The maximum atomic E-state index is 5.04. The van der Waals surface area contributed by atoms with Gasteiger partial charge in [0.15, 0.2) is 0 Å². The summed E-state index contributed by atoms with van der Waals surface area (Å²) in [5.41, 5.74) is 0. The number of hydrogen-bond donors (Lipinski definition) is 0. The zero-order chi connectivity index (χ0) is 8.10. The van der Waals surface area contributed by atoms with Gasteiger partial charge in [-0.1, -0.05) is 22.6 Å². The highest BCUT2D eigenvalue weighted by molar-refractivity contribution is 14.1. The molecule has 0 aromatic rings. The van der Waals surface area contributed by atoms with Crippen molar-refractivity contribution in [1.82, 2.24) is 4.90 Å². The first kappa shape index (κ1) is 9.74. The van der Waals surface area contributed by atoms with Crippen molar-refractivity contribution in [3.05, 3.63) is 0 Å². The molecule has 1 atom stereocenters. The first-order chi connectivity index (χ1) is 5.33. The van der Waals surface area contributed by atoms with Crippen LogP contribution in [-0.4, -0.2) is 42.2 Å². The van der Waals surface area contributed by atoms with Crippen molar-refractivity contribution in [2.75, 3.05) is 33.4 Å². The Bertz CT molecular complexity index is 110. The van der Waals surface area contributed by atoms with Crippen molar-refractivity contribution in [2.24, 2.45) is 0 Å². The maximum absolute atomic E-state index is 5.04. The van der Waals surface area contributed by atoms with Crippen molar-refractivity contribution < 1.29 is 4.74 Å². The van der Waals surface area contributed by atoms with E-state index in [1.54, 1.807) is 7.11 Å². The third-order valence-electron chi connectivity index (χ3n) is 2.06. The molecule has 0 N–H and O–H groups in total. The van der Waals surface area contributed by atoms with Crippen molar-refractivity contribution in [2.45, 2.75) is 16.8 Å². The fourth-order valence-electron chi connectivity index (χ4n) is 1.42. The summed E-state index contributed by atoms with van der Waals surface area (Å²) in [6, 6.07) is 0. The number of methoxy groups -OCH3 is 1. The molecule has 0 aromatic carbocycles. The lowest BCUT2D eigenvalue weighted by atomic mass is 10.1. The second-order valence-corrected chi connectivity index (χ2v) is 4.79. The lowest BCUT2D eigenvalue weighted by Gasteiger charge is -2.29. The standard InChI is InChI=1S/C8H16INO/c1-11-6-5-10-4-2-3-8(9)7-10/h8H,2-7H2,1H3. The Labute approximate surface area is 82.4 Å². The van der Waals surface area contributed by atoms with E-state index >= 15 is 0 Å². The Morgan fingerprint density at radius 2 is 2.45 bits per heavy atom. The second-order valence-electron chi connectivity index (χ2n) is 3.03. The van der Waals surface area contributed by atoms with Crippen LogP contribution in [0.4, 0.5) is 0 Å². The van der Waals surface area contributed by atoms with Crippen LogP contribution < -0.4 is 0 Å². The molecular formula is C8H16INO. The van der Waals surface area contributed by atoms with Gasteiger partial charge in [0.1, 0.15) is 0 Å². The summed E-state index contributed by atoms with van der Waals surface area (Å²) < 4.78 is 5.90. The summed E-state index contributed by atoms with van der Waals surface area (Å²) in [6.07, 6.45) is 2.75. The van der Waals surface area contributed by atoms with Gasteiger partial charge in [0.25, 0.3) is 0 Å². The topological polar surface area (TPSA) is 12.5 Å². The van der Waals surface area contributed by atoms with Gasteiger partial charge in [0, 0.05) is 24.1 Å². The van der Waals surface area contributed by atoms with Crippen molar-refractivity contribution in [3.8, 4) is 0 Å². The number of rotatable bonds is 3. The molecule has 3 heteroatoms. The quantitative estimate of drug-likeness (QED) is 0.569. The number of halogens is 1. The van der Waals surface area contributed by atoms with Crippen molar-refractivity contribution in [3.63, 3.8) is 0 Å². The summed E-state index contributed by atoms with van der Waals surface area (Å²) in [7, 11) is 1.77. The highest BCUT2D eigenvalue weighted by Crippen LogP contribution is 2.16. The fourth-order valence-corrected chi connectivity index (χ4v) is 2.42. The van der Waals surface area contributed by atoms with Crippen LogP contribution in [0.5, 0.6) is 0 Å². The number of nitrogens with zero attached hydrogens (tertiary/aromatic N) is 1. The summed E-state index contributed by atoms with van der Waals surface area (Å²) in [4.78, 5) is 2.49. The monoisotopic (exact) mass is 269 g/mol. The highest BCUT2D eigenvalue weighted by atomic mass is 127. The van der Waals surface area contributed by atoms with Gasteiger partial charge < -0.3 is 9.64 Å². The molecule has 0 aromatic heterocycles. The second kappa shape index (κ2) is 5.32. The molecular weight excluding hydrogens is 253 g/mol.